The summed E-state index contributed by atoms with van der Waals surface area (Å²) in [6.07, 6.45) is 0. The van der Waals surface area contributed by atoms with Gasteiger partial charge in [-0.25, -0.2) is 0 Å². The molecule has 4 nitrogen and oxygen atoms in total. The zero-order chi connectivity index (χ0) is 11.1. The molecule has 0 bridgehead atoms. The molecule has 3 aromatic rings. The molecule has 0 saturated heterocycles. The molecular weight excluding hydrogens is 412 g/mol. The van der Waals surface area contributed by atoms with Crippen LogP contribution in [0.4, 0.5) is 0 Å². The summed E-state index contributed by atoms with van der Waals surface area (Å²) >= 11 is 1.51. The number of nitrogens with zero attached hydrogens (tertiary/aromatic N) is 4. The molecule has 17 heavy (non-hydrogen) atoms. The molecule has 2 aromatic heterocycles. The molecule has 6 heteroatoms. The van der Waals surface area contributed by atoms with Crippen molar-refractivity contribution in [3.05, 3.63) is 29.5 Å². The van der Waals surface area contributed by atoms with E-state index >= 15 is 0 Å². The van der Waals surface area contributed by atoms with E-state index in [0.29, 0.717) is 0 Å². The number of hydrogen-bond acceptors (Lipinski definition) is 4. The Labute approximate surface area is 116 Å². The molecule has 0 N–H and O–H groups in total. The van der Waals surface area contributed by atoms with E-state index < -0.39 is 0 Å². The molecule has 0 aliphatic rings. The van der Waals surface area contributed by atoms with Gasteiger partial charge in [-0.15, -0.1) is 23.8 Å². The Kier molecular flexibility index (Phi) is 3.38. The van der Waals surface area contributed by atoms with Crippen LogP contribution >= 0.6 is 11.3 Å². The van der Waals surface area contributed by atoms with Crippen molar-refractivity contribution >= 4 is 22.4 Å². The number of aromatic nitrogens is 4. The average Bonchev–Trinajstić information content (AvgIpc) is 2.89. The summed E-state index contributed by atoms with van der Waals surface area (Å²) in [5, 5.41) is 8.76. The van der Waals surface area contributed by atoms with Gasteiger partial charge in [-0.1, -0.05) is 0 Å². The minimum atomic E-state index is 0. The largest absolute Gasteiger partial charge is 0.349 e. The summed E-state index contributed by atoms with van der Waals surface area (Å²) in [4.78, 5) is 4.43. The molecule has 3 rings (SSSR count). The summed E-state index contributed by atoms with van der Waals surface area (Å²) < 4.78 is 2.06. The maximum absolute atomic E-state index is 4.43. The van der Waals surface area contributed by atoms with E-state index in [1.165, 1.54) is 11.3 Å². The summed E-state index contributed by atoms with van der Waals surface area (Å²) in [5.74, 6) is 0.998. The van der Waals surface area contributed by atoms with Crippen molar-refractivity contribution in [1.82, 2.24) is 19.7 Å². The third kappa shape index (κ3) is 2.04. The van der Waals surface area contributed by atoms with Crippen molar-refractivity contribution in [1.29, 1.82) is 0 Å². The molecule has 0 aliphatic carbocycles. The first kappa shape index (κ1) is 12.4. The Morgan fingerprint density at radius 2 is 2.24 bits per heavy atom. The fraction of sp³-hybridized carbons (Fsp3) is 0.182. The fourth-order valence-corrected chi connectivity index (χ4v) is 2.20. The average molecular weight is 422 g/mol. The topological polar surface area (TPSA) is 43.6 Å². The van der Waals surface area contributed by atoms with E-state index in [1.54, 1.807) is 5.51 Å². The molecular formula is C11H9IrN4S-. The summed E-state index contributed by atoms with van der Waals surface area (Å²) in [7, 11) is 2.01. The zero-order valence-corrected chi connectivity index (χ0v) is 12.5. The van der Waals surface area contributed by atoms with Crippen LogP contribution in [0.1, 0.15) is 5.82 Å². The van der Waals surface area contributed by atoms with Gasteiger partial charge in [0.15, 0.2) is 0 Å². The quantitative estimate of drug-likeness (QED) is 0.566. The normalized spacial score (nSPS) is 10.5. The maximum atomic E-state index is 4.43. The number of aryl methyl sites for hydroxylation is 2. The van der Waals surface area contributed by atoms with E-state index in [2.05, 4.69) is 31.9 Å². The van der Waals surface area contributed by atoms with Crippen LogP contribution in [0.5, 0.6) is 0 Å². The van der Waals surface area contributed by atoms with E-state index in [1.807, 2.05) is 20.0 Å². The molecule has 0 fully saturated rings. The van der Waals surface area contributed by atoms with Crippen molar-refractivity contribution in [2.45, 2.75) is 6.92 Å². The minimum absolute atomic E-state index is 0. The van der Waals surface area contributed by atoms with Gasteiger partial charge in [0.1, 0.15) is 0 Å². The van der Waals surface area contributed by atoms with E-state index in [9.17, 15) is 0 Å². The van der Waals surface area contributed by atoms with Crippen LogP contribution in [0, 0.1) is 13.0 Å². The molecule has 0 saturated carbocycles. The van der Waals surface area contributed by atoms with Crippen LogP contribution in [-0.4, -0.2) is 19.7 Å². The Morgan fingerprint density at radius 1 is 1.41 bits per heavy atom. The summed E-state index contributed by atoms with van der Waals surface area (Å²) in [5.41, 5.74) is 4.76. The first-order chi connectivity index (χ1) is 7.75. The van der Waals surface area contributed by atoms with Crippen LogP contribution in [0.2, 0.25) is 0 Å². The first-order valence-electron chi connectivity index (χ1n) is 4.87. The van der Waals surface area contributed by atoms with Crippen molar-refractivity contribution < 1.29 is 20.1 Å². The Balaban J connectivity index is 0.00000108. The molecule has 0 amide bonds. The molecule has 0 spiro atoms. The summed E-state index contributed by atoms with van der Waals surface area (Å²) in [6.45, 7) is 1.99. The predicted molar refractivity (Wildman–Crippen MR) is 63.2 cm³/mol. The Morgan fingerprint density at radius 3 is 2.94 bits per heavy atom. The monoisotopic (exact) mass is 422 g/mol. The van der Waals surface area contributed by atoms with E-state index in [0.717, 1.165) is 27.4 Å². The van der Waals surface area contributed by atoms with Gasteiger partial charge < -0.3 is 4.57 Å². The molecule has 0 atom stereocenters. The zero-order valence-electron chi connectivity index (χ0n) is 9.26. The van der Waals surface area contributed by atoms with Gasteiger partial charge >= 0.3 is 0 Å². The minimum Gasteiger partial charge on any atom is -0.349 e. The van der Waals surface area contributed by atoms with E-state index in [-0.39, 0.29) is 20.1 Å². The van der Waals surface area contributed by atoms with Crippen molar-refractivity contribution in [2.24, 2.45) is 7.05 Å². The number of imidazole rings is 1. The Hall–Kier alpha value is -1.10. The molecule has 1 aromatic carbocycles. The van der Waals surface area contributed by atoms with Gasteiger partial charge in [-0.05, 0) is 12.4 Å². The van der Waals surface area contributed by atoms with Crippen LogP contribution < -0.4 is 0 Å². The number of benzene rings is 1. The van der Waals surface area contributed by atoms with Crippen LogP contribution in [0.3, 0.4) is 0 Å². The number of hydrogen-bond donors (Lipinski definition) is 0. The second-order valence-electron chi connectivity index (χ2n) is 3.58. The van der Waals surface area contributed by atoms with Gasteiger partial charge in [0.05, 0.1) is 16.3 Å². The molecule has 0 aliphatic heterocycles. The standard InChI is InChI=1S/C11H9N4S.Ir/c1-7-13-9-4-3-8(5-10(9)15(7)2)11-14-12-6-16-11;/h4-6H,1-2H3;/q-1;. The first-order valence-corrected chi connectivity index (χ1v) is 5.75. The van der Waals surface area contributed by atoms with Gasteiger partial charge in [0, 0.05) is 32.7 Å². The second kappa shape index (κ2) is 4.64. The molecule has 2 heterocycles. The molecule has 1 radical (unpaired) electrons. The smallest absolute Gasteiger partial charge is 0.0941 e. The van der Waals surface area contributed by atoms with Crippen molar-refractivity contribution in [3.8, 4) is 10.6 Å². The second-order valence-corrected chi connectivity index (χ2v) is 4.41. The van der Waals surface area contributed by atoms with Crippen LogP contribution in [0.15, 0.2) is 17.6 Å². The third-order valence-corrected chi connectivity index (χ3v) is 3.35. The summed E-state index contributed by atoms with van der Waals surface area (Å²) in [6, 6.07) is 7.14. The maximum Gasteiger partial charge on any atom is 0.0941 e. The van der Waals surface area contributed by atoms with Gasteiger partial charge in [-0.2, -0.15) is 21.5 Å². The number of rotatable bonds is 1. The SMILES string of the molecule is Cc1nc2c[c-]c(-c3nncs3)cc2n1C.[Ir]. The van der Waals surface area contributed by atoms with Crippen molar-refractivity contribution in [3.63, 3.8) is 0 Å². The van der Waals surface area contributed by atoms with Gasteiger partial charge in [-0.3, -0.25) is 4.98 Å². The Bertz CT molecular complexity index is 645. The fourth-order valence-electron chi connectivity index (χ4n) is 1.67. The van der Waals surface area contributed by atoms with Gasteiger partial charge in [0.2, 0.25) is 0 Å². The molecule has 89 valence electrons. The van der Waals surface area contributed by atoms with Crippen LogP contribution in [-0.2, 0) is 27.2 Å². The number of fused-ring (bicyclic) bond motifs is 1. The third-order valence-electron chi connectivity index (χ3n) is 2.63. The van der Waals surface area contributed by atoms with Crippen LogP contribution in [0.25, 0.3) is 21.6 Å². The van der Waals surface area contributed by atoms with Gasteiger partial charge in [0.25, 0.3) is 0 Å². The predicted octanol–water partition coefficient (Wildman–Crippen LogP) is 2.20. The molecule has 0 unspecified atom stereocenters. The van der Waals surface area contributed by atoms with Crippen molar-refractivity contribution in [2.75, 3.05) is 0 Å². The van der Waals surface area contributed by atoms with E-state index in [4.69, 9.17) is 0 Å².